The average molecular weight is 149 g/mol. The molecule has 0 radical (unpaired) electrons. The summed E-state index contributed by atoms with van der Waals surface area (Å²) in [5.74, 6) is 0. The molecule has 0 aliphatic heterocycles. The van der Waals surface area contributed by atoms with E-state index in [1.807, 2.05) is 0 Å². The number of carbonyl (C=O) groups is 1. The minimum Gasteiger partial charge on any atom is -0.394 e. The van der Waals surface area contributed by atoms with E-state index in [0.29, 0.717) is 0 Å². The van der Waals surface area contributed by atoms with Crippen LogP contribution >= 0.6 is 0 Å². The van der Waals surface area contributed by atoms with Crippen LogP contribution in [0.25, 0.3) is 0 Å². The molecule has 0 aliphatic rings. The first kappa shape index (κ1) is 7.65. The third kappa shape index (κ3) is 3.55. The molecule has 4 nitrogen and oxygen atoms in total. The molecule has 0 aromatic rings. The van der Waals surface area contributed by atoms with Crippen molar-refractivity contribution >= 4 is 6.26 Å². The van der Waals surface area contributed by atoms with Gasteiger partial charge in [-0.25, -0.2) is 0 Å². The Morgan fingerprint density at radius 1 is 1.50 bits per heavy atom. The SMILES string of the molecule is [2H]C(=O)CC[C@H](O)[C@H](O)CO. The lowest BCUT2D eigenvalue weighted by Gasteiger charge is -2.13. The van der Waals surface area contributed by atoms with E-state index in [9.17, 15) is 4.79 Å². The minimum atomic E-state index is -1.21. The molecular formula is C6H12O4. The molecule has 0 rings (SSSR count). The van der Waals surface area contributed by atoms with E-state index in [4.69, 9.17) is 16.7 Å². The molecule has 0 spiro atoms. The predicted octanol–water partition coefficient (Wildman–Crippen LogP) is -1.32. The van der Waals surface area contributed by atoms with E-state index in [2.05, 4.69) is 0 Å². The van der Waals surface area contributed by atoms with Gasteiger partial charge in [0.05, 0.1) is 12.7 Å². The highest BCUT2D eigenvalue weighted by Crippen LogP contribution is 1.99. The van der Waals surface area contributed by atoms with Gasteiger partial charge in [-0.2, -0.15) is 0 Å². The monoisotopic (exact) mass is 149 g/mol. The molecule has 0 unspecified atom stereocenters. The maximum Gasteiger partial charge on any atom is 0.120 e. The normalized spacial score (nSPS) is 17.7. The average Bonchev–Trinajstić information content (AvgIpc) is 1.98. The van der Waals surface area contributed by atoms with E-state index in [1.165, 1.54) is 0 Å². The predicted molar refractivity (Wildman–Crippen MR) is 34.4 cm³/mol. The van der Waals surface area contributed by atoms with Crippen LogP contribution in [0.1, 0.15) is 14.2 Å². The third-order valence-electron chi connectivity index (χ3n) is 1.17. The Balaban J connectivity index is 3.51. The van der Waals surface area contributed by atoms with Crippen molar-refractivity contribution in [3.05, 3.63) is 0 Å². The molecule has 0 aliphatic carbocycles. The van der Waals surface area contributed by atoms with E-state index >= 15 is 0 Å². The molecular weight excluding hydrogens is 136 g/mol. The van der Waals surface area contributed by atoms with Gasteiger partial charge >= 0.3 is 0 Å². The van der Waals surface area contributed by atoms with Gasteiger partial charge in [0.25, 0.3) is 0 Å². The van der Waals surface area contributed by atoms with Gasteiger partial charge in [0, 0.05) is 6.42 Å². The Labute approximate surface area is 60.5 Å². The summed E-state index contributed by atoms with van der Waals surface area (Å²) < 4.78 is 6.47. The summed E-state index contributed by atoms with van der Waals surface area (Å²) in [6, 6.07) is 0. The fourth-order valence-electron chi connectivity index (χ4n) is 0.521. The Kier molecular flexibility index (Phi) is 4.09. The van der Waals surface area contributed by atoms with Gasteiger partial charge in [-0.1, -0.05) is 0 Å². The molecule has 10 heavy (non-hydrogen) atoms. The lowest BCUT2D eigenvalue weighted by Crippen LogP contribution is -2.29. The van der Waals surface area contributed by atoms with Gasteiger partial charge in [-0.3, -0.25) is 0 Å². The number of hydrogen-bond donors (Lipinski definition) is 3. The van der Waals surface area contributed by atoms with Crippen molar-refractivity contribution in [1.82, 2.24) is 0 Å². The van der Waals surface area contributed by atoms with Crippen molar-refractivity contribution in [2.45, 2.75) is 25.0 Å². The molecule has 0 fully saturated rings. The quantitative estimate of drug-likeness (QED) is 0.424. The van der Waals surface area contributed by atoms with Crippen LogP contribution in [0.15, 0.2) is 0 Å². The first-order valence-corrected chi connectivity index (χ1v) is 3.04. The lowest BCUT2D eigenvalue weighted by atomic mass is 10.1. The largest absolute Gasteiger partial charge is 0.394 e. The number of rotatable bonds is 5. The van der Waals surface area contributed by atoms with Crippen LogP contribution in [0, 0.1) is 0 Å². The molecule has 0 saturated carbocycles. The number of aldehydes is 1. The number of hydrogen-bond acceptors (Lipinski definition) is 4. The number of carbonyl (C=O) groups excluding carboxylic acids is 1. The molecule has 0 amide bonds. The zero-order valence-electron chi connectivity index (χ0n) is 6.53. The summed E-state index contributed by atoms with van der Waals surface area (Å²) in [6.45, 7) is -0.534. The smallest absolute Gasteiger partial charge is 0.120 e. The second-order valence-corrected chi connectivity index (χ2v) is 2.00. The van der Waals surface area contributed by atoms with Gasteiger partial charge in [0.1, 0.15) is 13.7 Å². The fourth-order valence-corrected chi connectivity index (χ4v) is 0.521. The highest BCUT2D eigenvalue weighted by Gasteiger charge is 2.13. The lowest BCUT2D eigenvalue weighted by molar-refractivity contribution is -0.108. The molecule has 0 aromatic carbocycles. The number of aliphatic hydroxyl groups is 3. The van der Waals surface area contributed by atoms with Crippen LogP contribution in [-0.2, 0) is 4.79 Å². The summed E-state index contributed by atoms with van der Waals surface area (Å²) >= 11 is 0. The highest BCUT2D eigenvalue weighted by molar-refractivity contribution is 5.49. The molecule has 4 heteroatoms. The van der Waals surface area contributed by atoms with Gasteiger partial charge in [0.2, 0.25) is 0 Å². The van der Waals surface area contributed by atoms with Gasteiger partial charge < -0.3 is 20.1 Å². The molecule has 3 N–H and O–H groups in total. The summed E-state index contributed by atoms with van der Waals surface area (Å²) in [4.78, 5) is 10.1. The topological polar surface area (TPSA) is 77.8 Å². The molecule has 0 saturated heterocycles. The Morgan fingerprint density at radius 2 is 2.10 bits per heavy atom. The van der Waals surface area contributed by atoms with Gasteiger partial charge in [0.15, 0.2) is 0 Å². The van der Waals surface area contributed by atoms with E-state index in [1.54, 1.807) is 0 Å². The Hall–Kier alpha value is -0.450. The van der Waals surface area contributed by atoms with Crippen LogP contribution in [0.4, 0.5) is 0 Å². The van der Waals surface area contributed by atoms with E-state index in [0.717, 1.165) is 0 Å². The second kappa shape index (κ2) is 5.34. The Bertz CT molecular complexity index is 128. The van der Waals surface area contributed by atoms with Crippen LogP contribution in [0.2, 0.25) is 0 Å². The highest BCUT2D eigenvalue weighted by atomic mass is 16.4. The van der Waals surface area contributed by atoms with Crippen molar-refractivity contribution in [3.63, 3.8) is 0 Å². The summed E-state index contributed by atoms with van der Waals surface area (Å²) in [7, 11) is 0. The van der Waals surface area contributed by atoms with Crippen LogP contribution < -0.4 is 0 Å². The minimum absolute atomic E-state index is 0.0179. The van der Waals surface area contributed by atoms with Gasteiger partial charge in [-0.05, 0) is 6.42 Å². The van der Waals surface area contributed by atoms with Crippen LogP contribution in [-0.4, -0.2) is 40.4 Å². The van der Waals surface area contributed by atoms with E-state index < -0.39 is 25.1 Å². The Morgan fingerprint density at radius 3 is 2.50 bits per heavy atom. The number of aliphatic hydroxyl groups excluding tert-OH is 3. The van der Waals surface area contributed by atoms with Crippen molar-refractivity contribution in [3.8, 4) is 0 Å². The zero-order chi connectivity index (χ0) is 8.85. The second-order valence-electron chi connectivity index (χ2n) is 2.00. The first-order chi connectivity index (χ1) is 5.07. The molecule has 0 bridgehead atoms. The summed E-state index contributed by atoms with van der Waals surface area (Å²) in [5.41, 5.74) is 0. The van der Waals surface area contributed by atoms with Crippen molar-refractivity contribution in [1.29, 1.82) is 0 Å². The molecule has 60 valence electrons. The summed E-state index contributed by atoms with van der Waals surface area (Å²) in [5, 5.41) is 26.0. The first-order valence-electron chi connectivity index (χ1n) is 3.54. The van der Waals surface area contributed by atoms with Gasteiger partial charge in [-0.15, -0.1) is 0 Å². The third-order valence-corrected chi connectivity index (χ3v) is 1.17. The van der Waals surface area contributed by atoms with Crippen LogP contribution in [0.3, 0.4) is 0 Å². The maximum atomic E-state index is 10.1. The molecule has 0 aromatic heterocycles. The summed E-state index contributed by atoms with van der Waals surface area (Å²) in [6.07, 6.45) is -3.19. The maximum absolute atomic E-state index is 10.1. The van der Waals surface area contributed by atoms with Crippen molar-refractivity contribution in [2.24, 2.45) is 0 Å². The van der Waals surface area contributed by atoms with Crippen molar-refractivity contribution in [2.75, 3.05) is 6.61 Å². The van der Waals surface area contributed by atoms with Crippen LogP contribution in [0.5, 0.6) is 0 Å². The molecule has 2 atom stereocenters. The zero-order valence-corrected chi connectivity index (χ0v) is 5.53. The molecule has 0 heterocycles. The fraction of sp³-hybridized carbons (Fsp3) is 0.833. The standard InChI is InChI=1S/C6H12O4/c7-3-1-2-5(9)6(10)4-8/h3,5-6,8-10H,1-2,4H2/t5-,6+/m0/s1/i3D. The van der Waals surface area contributed by atoms with Crippen molar-refractivity contribution < 1.29 is 21.5 Å². The van der Waals surface area contributed by atoms with E-state index in [-0.39, 0.29) is 12.8 Å².